The molecule has 0 fully saturated rings. The second kappa shape index (κ2) is 4.99. The van der Waals surface area contributed by atoms with Crippen molar-refractivity contribution in [2.45, 2.75) is 33.2 Å². The van der Waals surface area contributed by atoms with Gasteiger partial charge in [-0.3, -0.25) is 25.2 Å². The molecule has 0 aliphatic carbocycles. The molecule has 2 N–H and O–H groups in total. The molecular weight excluding hydrogens is 218 g/mol. The number of amidine groups is 1. The number of aliphatic imine (C=N–C) groups is 1. The summed E-state index contributed by atoms with van der Waals surface area (Å²) in [6, 6.07) is 1.53. The second-order valence-electron chi connectivity index (χ2n) is 4.08. The van der Waals surface area contributed by atoms with Crippen LogP contribution < -0.4 is 16.4 Å². The van der Waals surface area contributed by atoms with E-state index in [9.17, 15) is 4.79 Å². The maximum atomic E-state index is 11.8. The molecule has 0 aromatic carbocycles. The van der Waals surface area contributed by atoms with E-state index in [0.29, 0.717) is 18.2 Å². The Morgan fingerprint density at radius 1 is 1.53 bits per heavy atom. The van der Waals surface area contributed by atoms with Gasteiger partial charge in [-0.1, -0.05) is 13.3 Å². The summed E-state index contributed by atoms with van der Waals surface area (Å²) in [4.78, 5) is 20.4. The highest BCUT2D eigenvalue weighted by Crippen LogP contribution is 2.04. The van der Waals surface area contributed by atoms with Gasteiger partial charge in [0.1, 0.15) is 5.84 Å². The van der Waals surface area contributed by atoms with Crippen molar-refractivity contribution >= 4 is 11.8 Å². The number of nitrogens with zero attached hydrogens (tertiary/aromatic N) is 3. The molecule has 6 heteroatoms. The molecule has 0 saturated heterocycles. The normalized spacial score (nSPS) is 16.2. The Kier molecular flexibility index (Phi) is 3.41. The smallest absolute Gasteiger partial charge is 0.255 e. The molecule has 1 aliphatic heterocycles. The van der Waals surface area contributed by atoms with Crippen molar-refractivity contribution in [3.63, 3.8) is 0 Å². The quantitative estimate of drug-likeness (QED) is 0.756. The summed E-state index contributed by atoms with van der Waals surface area (Å²) < 4.78 is 1.58. The maximum absolute atomic E-state index is 11.8. The van der Waals surface area contributed by atoms with Crippen molar-refractivity contribution in [1.82, 2.24) is 15.0 Å². The van der Waals surface area contributed by atoms with E-state index in [1.807, 2.05) is 0 Å². The van der Waals surface area contributed by atoms with Crippen molar-refractivity contribution in [1.29, 1.82) is 0 Å². The van der Waals surface area contributed by atoms with Crippen molar-refractivity contribution in [2.24, 2.45) is 4.99 Å². The average Bonchev–Trinajstić information content (AvgIpc) is 2.30. The first-order valence-corrected chi connectivity index (χ1v) is 5.84. The van der Waals surface area contributed by atoms with E-state index < -0.39 is 0 Å². The molecule has 17 heavy (non-hydrogen) atoms. The molecule has 1 aromatic rings. The van der Waals surface area contributed by atoms with Gasteiger partial charge in [0.05, 0.1) is 6.54 Å². The first kappa shape index (κ1) is 11.6. The number of anilines is 1. The SMILES string of the molecule is CCCCN=C1Cn2c(nc(C)cc2=O)NN1. The van der Waals surface area contributed by atoms with Crippen LogP contribution in [-0.4, -0.2) is 21.9 Å². The van der Waals surface area contributed by atoms with Crippen LogP contribution in [0.25, 0.3) is 0 Å². The number of fused-ring (bicyclic) bond motifs is 1. The van der Waals surface area contributed by atoms with E-state index in [1.54, 1.807) is 11.5 Å². The van der Waals surface area contributed by atoms with Gasteiger partial charge in [0.25, 0.3) is 5.56 Å². The van der Waals surface area contributed by atoms with Gasteiger partial charge in [0.15, 0.2) is 0 Å². The molecule has 0 bridgehead atoms. The number of rotatable bonds is 3. The minimum atomic E-state index is -0.0512. The predicted molar refractivity (Wildman–Crippen MR) is 67.2 cm³/mol. The fourth-order valence-corrected chi connectivity index (χ4v) is 1.65. The molecule has 2 rings (SSSR count). The van der Waals surface area contributed by atoms with E-state index in [4.69, 9.17) is 0 Å². The first-order chi connectivity index (χ1) is 8.20. The van der Waals surface area contributed by atoms with Crippen LogP contribution in [-0.2, 0) is 6.54 Å². The lowest BCUT2D eigenvalue weighted by molar-refractivity contribution is 0.706. The van der Waals surface area contributed by atoms with Gasteiger partial charge in [-0.2, -0.15) is 0 Å². The molecule has 1 aliphatic rings. The van der Waals surface area contributed by atoms with Crippen LogP contribution in [0.15, 0.2) is 15.9 Å². The molecule has 6 nitrogen and oxygen atoms in total. The van der Waals surface area contributed by atoms with Crippen LogP contribution in [0.2, 0.25) is 0 Å². The van der Waals surface area contributed by atoms with E-state index in [1.165, 1.54) is 6.07 Å². The molecular formula is C11H17N5O. The van der Waals surface area contributed by atoms with E-state index >= 15 is 0 Å². The number of aryl methyl sites for hydroxylation is 1. The number of nitrogens with one attached hydrogen (secondary N) is 2. The number of aromatic nitrogens is 2. The molecule has 0 unspecified atom stereocenters. The number of hydrogen-bond donors (Lipinski definition) is 2. The third-order valence-electron chi connectivity index (χ3n) is 2.58. The van der Waals surface area contributed by atoms with Gasteiger partial charge < -0.3 is 0 Å². The molecule has 0 spiro atoms. The number of hydrogen-bond acceptors (Lipinski definition) is 4. The van der Waals surface area contributed by atoms with Crippen LogP contribution in [0.3, 0.4) is 0 Å². The molecule has 0 saturated carbocycles. The van der Waals surface area contributed by atoms with Gasteiger partial charge in [0, 0.05) is 18.3 Å². The lowest BCUT2D eigenvalue weighted by Gasteiger charge is -2.22. The van der Waals surface area contributed by atoms with E-state index in [-0.39, 0.29) is 5.56 Å². The van der Waals surface area contributed by atoms with Crippen LogP contribution >= 0.6 is 0 Å². The Labute approximate surface area is 99.8 Å². The van der Waals surface area contributed by atoms with Gasteiger partial charge in [-0.15, -0.1) is 0 Å². The topological polar surface area (TPSA) is 71.3 Å². The summed E-state index contributed by atoms with van der Waals surface area (Å²) in [6.45, 7) is 5.16. The lowest BCUT2D eigenvalue weighted by atomic mass is 10.3. The molecule has 0 radical (unpaired) electrons. The molecule has 0 amide bonds. The maximum Gasteiger partial charge on any atom is 0.255 e. The Hall–Kier alpha value is -1.85. The van der Waals surface area contributed by atoms with Crippen molar-refractivity contribution in [3.8, 4) is 0 Å². The minimum absolute atomic E-state index is 0.0512. The van der Waals surface area contributed by atoms with Crippen molar-refractivity contribution in [2.75, 3.05) is 12.0 Å². The van der Waals surface area contributed by atoms with Gasteiger partial charge in [0.2, 0.25) is 5.95 Å². The third-order valence-corrected chi connectivity index (χ3v) is 2.58. The Bertz CT molecular complexity index is 491. The van der Waals surface area contributed by atoms with Crippen LogP contribution in [0.4, 0.5) is 5.95 Å². The highest BCUT2D eigenvalue weighted by molar-refractivity contribution is 5.84. The fraction of sp³-hybridized carbons (Fsp3) is 0.545. The van der Waals surface area contributed by atoms with E-state index in [2.05, 4.69) is 27.8 Å². The summed E-state index contributed by atoms with van der Waals surface area (Å²) in [5, 5.41) is 0. The first-order valence-electron chi connectivity index (χ1n) is 5.84. The molecule has 2 heterocycles. The predicted octanol–water partition coefficient (Wildman–Crippen LogP) is 0.680. The van der Waals surface area contributed by atoms with Gasteiger partial charge in [-0.05, 0) is 13.3 Å². The van der Waals surface area contributed by atoms with Crippen LogP contribution in [0.1, 0.15) is 25.5 Å². The third kappa shape index (κ3) is 2.64. The van der Waals surface area contributed by atoms with Gasteiger partial charge in [-0.25, -0.2) is 4.98 Å². The molecule has 1 aromatic heterocycles. The Morgan fingerprint density at radius 2 is 2.35 bits per heavy atom. The van der Waals surface area contributed by atoms with Crippen molar-refractivity contribution in [3.05, 3.63) is 22.1 Å². The number of hydrazine groups is 1. The minimum Gasteiger partial charge on any atom is -0.284 e. The van der Waals surface area contributed by atoms with Crippen LogP contribution in [0, 0.1) is 6.92 Å². The van der Waals surface area contributed by atoms with Crippen molar-refractivity contribution < 1.29 is 0 Å². The zero-order valence-corrected chi connectivity index (χ0v) is 10.2. The zero-order chi connectivity index (χ0) is 12.3. The van der Waals surface area contributed by atoms with E-state index in [0.717, 1.165) is 25.2 Å². The van der Waals surface area contributed by atoms with Gasteiger partial charge >= 0.3 is 0 Å². The standard InChI is InChI=1S/C11H17N5O/c1-3-4-5-12-9-7-16-10(17)6-8(2)13-11(16)15-14-9/h6H,3-5,7H2,1-2H3,(H,12,14)(H,13,15). The lowest BCUT2D eigenvalue weighted by Crippen LogP contribution is -2.44. The molecule has 92 valence electrons. The Morgan fingerprint density at radius 3 is 3.12 bits per heavy atom. The summed E-state index contributed by atoms with van der Waals surface area (Å²) in [6.07, 6.45) is 2.17. The monoisotopic (exact) mass is 235 g/mol. The second-order valence-corrected chi connectivity index (χ2v) is 4.08. The largest absolute Gasteiger partial charge is 0.284 e. The average molecular weight is 235 g/mol. The fourth-order valence-electron chi connectivity index (χ4n) is 1.65. The highest BCUT2D eigenvalue weighted by Gasteiger charge is 2.14. The summed E-state index contributed by atoms with van der Waals surface area (Å²) >= 11 is 0. The molecule has 0 atom stereocenters. The summed E-state index contributed by atoms with van der Waals surface area (Å²) in [5.41, 5.74) is 6.52. The summed E-state index contributed by atoms with van der Waals surface area (Å²) in [5.74, 6) is 1.32. The highest BCUT2D eigenvalue weighted by atomic mass is 16.1. The Balaban J connectivity index is 2.19. The van der Waals surface area contributed by atoms with Crippen LogP contribution in [0.5, 0.6) is 0 Å². The number of unbranched alkanes of at least 4 members (excludes halogenated alkanes) is 1. The zero-order valence-electron chi connectivity index (χ0n) is 10.2. The summed E-state index contributed by atoms with van der Waals surface area (Å²) in [7, 11) is 0.